The zero-order valence-electron chi connectivity index (χ0n) is 8.09. The second-order valence-corrected chi connectivity index (χ2v) is 3.09. The average Bonchev–Trinajstić information content (AvgIpc) is 2.61. The highest BCUT2D eigenvalue weighted by Gasteiger charge is 2.28. The lowest BCUT2D eigenvalue weighted by atomic mass is 10.2. The number of rotatable bonds is 4. The number of hydrogen-bond donors (Lipinski definition) is 2. The summed E-state index contributed by atoms with van der Waals surface area (Å²) in [7, 11) is 0. The summed E-state index contributed by atoms with van der Waals surface area (Å²) in [5, 5.41) is 10.3. The van der Waals surface area contributed by atoms with Crippen LogP contribution in [0.5, 0.6) is 0 Å². The summed E-state index contributed by atoms with van der Waals surface area (Å²) in [6, 6.07) is 1.39. The van der Waals surface area contributed by atoms with Gasteiger partial charge in [-0.15, -0.1) is 0 Å². The van der Waals surface area contributed by atoms with E-state index in [9.17, 15) is 13.6 Å². The Morgan fingerprint density at radius 3 is 2.80 bits per heavy atom. The molecule has 1 rings (SSSR count). The molecular formula is C9H11F2NO3. The predicted molar refractivity (Wildman–Crippen MR) is 47.8 cm³/mol. The number of carbonyl (C=O) groups is 1. The number of hydrogen-bond acceptors (Lipinski definition) is 3. The van der Waals surface area contributed by atoms with E-state index < -0.39 is 25.0 Å². The minimum atomic E-state index is -3.30. The number of nitrogens with one attached hydrogen (secondary N) is 1. The number of halogens is 2. The average molecular weight is 219 g/mol. The molecule has 0 saturated carbocycles. The molecule has 0 unspecified atom stereocenters. The molecule has 0 aromatic carbocycles. The van der Waals surface area contributed by atoms with Gasteiger partial charge in [0.1, 0.15) is 12.4 Å². The smallest absolute Gasteiger partial charge is 0.287 e. The lowest BCUT2D eigenvalue weighted by molar-refractivity contribution is -0.0462. The van der Waals surface area contributed by atoms with Gasteiger partial charge in [0.05, 0.1) is 18.4 Å². The molecule has 6 heteroatoms. The highest BCUT2D eigenvalue weighted by Crippen LogP contribution is 2.12. The van der Waals surface area contributed by atoms with Crippen LogP contribution >= 0.6 is 0 Å². The molecule has 0 bridgehead atoms. The molecule has 1 heterocycles. The van der Waals surface area contributed by atoms with E-state index in [0.29, 0.717) is 5.76 Å². The third-order valence-electron chi connectivity index (χ3n) is 1.84. The van der Waals surface area contributed by atoms with Crippen molar-refractivity contribution in [3.8, 4) is 0 Å². The van der Waals surface area contributed by atoms with Crippen molar-refractivity contribution in [2.45, 2.75) is 12.8 Å². The van der Waals surface area contributed by atoms with Crippen LogP contribution in [-0.4, -0.2) is 30.1 Å². The Balaban J connectivity index is 2.55. The lowest BCUT2D eigenvalue weighted by Gasteiger charge is -2.13. The minimum Gasteiger partial charge on any atom is -0.469 e. The summed E-state index contributed by atoms with van der Waals surface area (Å²) in [6.45, 7) is -0.635. The van der Waals surface area contributed by atoms with Gasteiger partial charge in [-0.05, 0) is 13.0 Å². The van der Waals surface area contributed by atoms with Gasteiger partial charge in [-0.2, -0.15) is 0 Å². The van der Waals surface area contributed by atoms with Crippen molar-refractivity contribution < 1.29 is 23.1 Å². The van der Waals surface area contributed by atoms with Crippen LogP contribution in [0.1, 0.15) is 16.1 Å². The van der Waals surface area contributed by atoms with Crippen LogP contribution in [0.25, 0.3) is 0 Å². The van der Waals surface area contributed by atoms with Crippen molar-refractivity contribution in [3.63, 3.8) is 0 Å². The van der Waals surface area contributed by atoms with E-state index in [-0.39, 0.29) is 5.56 Å². The van der Waals surface area contributed by atoms with Crippen molar-refractivity contribution in [3.05, 3.63) is 23.7 Å². The molecule has 15 heavy (non-hydrogen) atoms. The maximum Gasteiger partial charge on any atom is 0.287 e. The van der Waals surface area contributed by atoms with Crippen molar-refractivity contribution in [1.82, 2.24) is 5.32 Å². The molecule has 84 valence electrons. The zero-order chi connectivity index (χ0) is 11.5. The first-order valence-corrected chi connectivity index (χ1v) is 4.27. The first kappa shape index (κ1) is 11.6. The van der Waals surface area contributed by atoms with Gasteiger partial charge in [0.25, 0.3) is 11.8 Å². The lowest BCUT2D eigenvalue weighted by Crippen LogP contribution is -2.39. The zero-order valence-corrected chi connectivity index (χ0v) is 8.09. The maximum absolute atomic E-state index is 12.6. The minimum absolute atomic E-state index is 0.212. The first-order chi connectivity index (χ1) is 6.96. The Hall–Kier alpha value is -1.43. The van der Waals surface area contributed by atoms with Gasteiger partial charge in [0.2, 0.25) is 0 Å². The monoisotopic (exact) mass is 219 g/mol. The largest absolute Gasteiger partial charge is 0.469 e. The van der Waals surface area contributed by atoms with E-state index in [1.807, 2.05) is 5.32 Å². The summed E-state index contributed by atoms with van der Waals surface area (Å²) in [5.41, 5.74) is 0.212. The first-order valence-electron chi connectivity index (χ1n) is 4.27. The number of furan rings is 1. The molecule has 0 aliphatic heterocycles. The molecule has 0 atom stereocenters. The van der Waals surface area contributed by atoms with Crippen molar-refractivity contribution in [2.24, 2.45) is 0 Å². The standard InChI is InChI=1S/C9H11F2NO3/c1-6-7(2-3-15-6)8(14)12-4-9(10,11)5-13/h2-3,13H,4-5H2,1H3,(H,12,14). The quantitative estimate of drug-likeness (QED) is 0.792. The Labute approximate surface area is 84.9 Å². The van der Waals surface area contributed by atoms with Crippen molar-refractivity contribution in [2.75, 3.05) is 13.2 Å². The van der Waals surface area contributed by atoms with E-state index in [4.69, 9.17) is 9.52 Å². The topological polar surface area (TPSA) is 62.5 Å². The molecule has 2 N–H and O–H groups in total. The highest BCUT2D eigenvalue weighted by molar-refractivity contribution is 5.95. The van der Waals surface area contributed by atoms with Gasteiger partial charge >= 0.3 is 0 Å². The molecule has 1 amide bonds. The van der Waals surface area contributed by atoms with Crippen molar-refractivity contribution >= 4 is 5.91 Å². The second-order valence-electron chi connectivity index (χ2n) is 3.09. The Kier molecular flexibility index (Phi) is 3.41. The van der Waals surface area contributed by atoms with Gasteiger partial charge in [-0.3, -0.25) is 4.79 Å². The van der Waals surface area contributed by atoms with Gasteiger partial charge in [-0.25, -0.2) is 8.78 Å². The van der Waals surface area contributed by atoms with Crippen LogP contribution in [0.4, 0.5) is 8.78 Å². The number of aliphatic hydroxyl groups is 1. The molecule has 0 radical (unpaired) electrons. The molecule has 0 spiro atoms. The summed E-state index contributed by atoms with van der Waals surface area (Å²) >= 11 is 0. The summed E-state index contributed by atoms with van der Waals surface area (Å²) in [5.74, 6) is -3.58. The van der Waals surface area contributed by atoms with Crippen LogP contribution in [0.3, 0.4) is 0 Å². The fourth-order valence-corrected chi connectivity index (χ4v) is 0.981. The third-order valence-corrected chi connectivity index (χ3v) is 1.84. The maximum atomic E-state index is 12.6. The van der Waals surface area contributed by atoms with Crippen LogP contribution in [-0.2, 0) is 0 Å². The summed E-state index contributed by atoms with van der Waals surface area (Å²) in [4.78, 5) is 11.3. The second kappa shape index (κ2) is 4.39. The van der Waals surface area contributed by atoms with E-state index in [0.717, 1.165) is 0 Å². The van der Waals surface area contributed by atoms with E-state index >= 15 is 0 Å². The number of aryl methyl sites for hydroxylation is 1. The van der Waals surface area contributed by atoms with Crippen LogP contribution in [0, 0.1) is 6.92 Å². The molecule has 0 fully saturated rings. The summed E-state index contributed by atoms with van der Waals surface area (Å²) in [6.07, 6.45) is 1.30. The number of alkyl halides is 2. The fraction of sp³-hybridized carbons (Fsp3) is 0.444. The fourth-order valence-electron chi connectivity index (χ4n) is 0.981. The number of amides is 1. The van der Waals surface area contributed by atoms with E-state index in [1.54, 1.807) is 6.92 Å². The van der Waals surface area contributed by atoms with E-state index in [1.165, 1.54) is 12.3 Å². The van der Waals surface area contributed by atoms with Gasteiger partial charge in [0, 0.05) is 0 Å². The third kappa shape index (κ3) is 3.02. The Morgan fingerprint density at radius 2 is 2.33 bits per heavy atom. The normalized spacial score (nSPS) is 11.5. The number of carbonyl (C=O) groups excluding carboxylic acids is 1. The van der Waals surface area contributed by atoms with Gasteiger partial charge < -0.3 is 14.8 Å². The molecule has 0 saturated heterocycles. The molecule has 0 aliphatic rings. The van der Waals surface area contributed by atoms with Crippen LogP contribution in [0.2, 0.25) is 0 Å². The molecule has 1 aromatic rings. The van der Waals surface area contributed by atoms with Crippen LogP contribution in [0.15, 0.2) is 16.7 Å². The Bertz CT molecular complexity index is 349. The molecular weight excluding hydrogens is 208 g/mol. The molecule has 0 aliphatic carbocycles. The predicted octanol–water partition coefficient (Wildman–Crippen LogP) is 0.945. The SMILES string of the molecule is Cc1occc1C(=O)NCC(F)(F)CO. The molecule has 4 nitrogen and oxygen atoms in total. The van der Waals surface area contributed by atoms with Crippen molar-refractivity contribution in [1.29, 1.82) is 0 Å². The Morgan fingerprint density at radius 1 is 1.67 bits per heavy atom. The van der Waals surface area contributed by atoms with Gasteiger partial charge in [-0.1, -0.05) is 0 Å². The highest BCUT2D eigenvalue weighted by atomic mass is 19.3. The van der Waals surface area contributed by atoms with Gasteiger partial charge in [0.15, 0.2) is 0 Å². The van der Waals surface area contributed by atoms with Crippen LogP contribution < -0.4 is 5.32 Å². The van der Waals surface area contributed by atoms with E-state index in [2.05, 4.69) is 0 Å². The number of aliphatic hydroxyl groups excluding tert-OH is 1. The molecule has 1 aromatic heterocycles. The summed E-state index contributed by atoms with van der Waals surface area (Å²) < 4.78 is 30.0.